The molecule has 0 spiro atoms. The Bertz CT molecular complexity index is 1060. The Hall–Kier alpha value is -3.61. The summed E-state index contributed by atoms with van der Waals surface area (Å²) >= 11 is 0. The van der Waals surface area contributed by atoms with Crippen molar-refractivity contribution in [2.45, 2.75) is 25.7 Å². The summed E-state index contributed by atoms with van der Waals surface area (Å²) in [5, 5.41) is 19.7. The lowest BCUT2D eigenvalue weighted by Gasteiger charge is -2.07. The zero-order valence-electron chi connectivity index (χ0n) is 16.6. The summed E-state index contributed by atoms with van der Waals surface area (Å²) in [6.07, 6.45) is 3.41. The molecule has 3 N–H and O–H groups in total. The van der Waals surface area contributed by atoms with Crippen LogP contribution >= 0.6 is 0 Å². The third kappa shape index (κ3) is 4.20. The minimum absolute atomic E-state index is 0.0531. The van der Waals surface area contributed by atoms with Crippen molar-refractivity contribution in [3.05, 3.63) is 77.1 Å². The molecule has 0 saturated heterocycles. The molecule has 1 aliphatic rings. The van der Waals surface area contributed by atoms with Gasteiger partial charge < -0.3 is 15.7 Å². The first-order valence-corrected chi connectivity index (χ1v) is 10.1. The van der Waals surface area contributed by atoms with Crippen molar-refractivity contribution in [1.82, 2.24) is 20.4 Å². The molecule has 154 valence electrons. The molecular weight excluding hydrogens is 380 g/mol. The third-order valence-corrected chi connectivity index (χ3v) is 5.18. The van der Waals surface area contributed by atoms with E-state index < -0.39 is 0 Å². The Morgan fingerprint density at radius 1 is 0.967 bits per heavy atom. The number of carbonyl (C=O) groups is 2. The number of phenolic OH excluding ortho intramolecular Hbond substituents is 1. The van der Waals surface area contributed by atoms with E-state index in [1.54, 1.807) is 12.1 Å². The van der Waals surface area contributed by atoms with Crippen LogP contribution in [0.3, 0.4) is 0 Å². The molecule has 0 unspecified atom stereocenters. The van der Waals surface area contributed by atoms with Crippen LogP contribution in [-0.4, -0.2) is 39.8 Å². The van der Waals surface area contributed by atoms with Crippen LogP contribution < -0.4 is 10.6 Å². The van der Waals surface area contributed by atoms with Crippen molar-refractivity contribution >= 4 is 11.8 Å². The van der Waals surface area contributed by atoms with Crippen LogP contribution in [0.5, 0.6) is 5.75 Å². The average Bonchev–Trinajstić information content (AvgIpc) is 3.36. The molecule has 7 heteroatoms. The Balaban J connectivity index is 1.31. The molecule has 2 amide bonds. The van der Waals surface area contributed by atoms with Gasteiger partial charge in [-0.3, -0.25) is 9.59 Å². The van der Waals surface area contributed by atoms with Crippen molar-refractivity contribution in [2.24, 2.45) is 0 Å². The molecule has 0 saturated carbocycles. The molecule has 1 aromatic heterocycles. The molecule has 7 nitrogen and oxygen atoms in total. The third-order valence-electron chi connectivity index (χ3n) is 5.18. The lowest BCUT2D eigenvalue weighted by atomic mass is 10.2. The summed E-state index contributed by atoms with van der Waals surface area (Å²) in [7, 11) is 0. The van der Waals surface area contributed by atoms with Gasteiger partial charge in [-0.15, -0.1) is 0 Å². The molecule has 0 fully saturated rings. The number of nitrogens with one attached hydrogen (secondary N) is 2. The van der Waals surface area contributed by atoms with Crippen LogP contribution in [0, 0.1) is 0 Å². The summed E-state index contributed by atoms with van der Waals surface area (Å²) < 4.78 is 1.88. The molecule has 2 aromatic carbocycles. The molecule has 3 aromatic rings. The van der Waals surface area contributed by atoms with Crippen LogP contribution in [0.4, 0.5) is 0 Å². The Labute approximate surface area is 174 Å². The van der Waals surface area contributed by atoms with E-state index in [-0.39, 0.29) is 17.6 Å². The lowest BCUT2D eigenvalue weighted by Crippen LogP contribution is -2.30. The number of hydrogen-bond donors (Lipinski definition) is 3. The number of carbonyl (C=O) groups excluding carboxylic acids is 2. The number of aromatic hydroxyl groups is 1. The van der Waals surface area contributed by atoms with Crippen molar-refractivity contribution in [2.75, 3.05) is 13.1 Å². The molecule has 1 aliphatic carbocycles. The smallest absolute Gasteiger partial charge is 0.272 e. The number of rotatable bonds is 7. The highest BCUT2D eigenvalue weighted by molar-refractivity contribution is 5.95. The van der Waals surface area contributed by atoms with E-state index in [2.05, 4.69) is 15.7 Å². The van der Waals surface area contributed by atoms with E-state index in [0.29, 0.717) is 30.8 Å². The maximum atomic E-state index is 12.7. The first-order chi connectivity index (χ1) is 14.6. The second-order valence-corrected chi connectivity index (χ2v) is 7.29. The Morgan fingerprint density at radius 2 is 1.73 bits per heavy atom. The van der Waals surface area contributed by atoms with Gasteiger partial charge in [-0.25, -0.2) is 4.68 Å². The molecule has 1 heterocycles. The number of aromatic nitrogens is 2. The van der Waals surface area contributed by atoms with Crippen LogP contribution in [0.1, 0.15) is 44.9 Å². The fraction of sp³-hybridized carbons (Fsp3) is 0.261. The number of nitrogens with zero attached hydrogens (tertiary/aromatic N) is 2. The van der Waals surface area contributed by atoms with E-state index in [0.717, 1.165) is 36.2 Å². The molecule has 30 heavy (non-hydrogen) atoms. The quantitative estimate of drug-likeness (QED) is 0.528. The standard InChI is InChI=1S/C23H24N4O3/c28-18-10-4-7-16(15-18)22(29)24-13-6-14-25-23(30)21-19-11-5-12-20(19)27(26-21)17-8-2-1-3-9-17/h1-4,7-10,15,28H,5-6,11-14H2,(H,24,29)(H,25,30). The van der Waals surface area contributed by atoms with Crippen molar-refractivity contribution in [3.63, 3.8) is 0 Å². The molecule has 4 rings (SSSR count). The second-order valence-electron chi connectivity index (χ2n) is 7.29. The monoisotopic (exact) mass is 404 g/mol. The average molecular weight is 404 g/mol. The predicted octanol–water partition coefficient (Wildman–Crippen LogP) is 2.62. The molecule has 0 aliphatic heterocycles. The number of fused-ring (bicyclic) bond motifs is 1. The minimum atomic E-state index is -0.253. The second kappa shape index (κ2) is 8.82. The summed E-state index contributed by atoms with van der Waals surface area (Å²) in [5.41, 5.74) is 4.01. The topological polar surface area (TPSA) is 96.3 Å². The maximum Gasteiger partial charge on any atom is 0.272 e. The van der Waals surface area contributed by atoms with Crippen LogP contribution in [-0.2, 0) is 12.8 Å². The van der Waals surface area contributed by atoms with Crippen molar-refractivity contribution in [1.29, 1.82) is 0 Å². The van der Waals surface area contributed by atoms with E-state index in [1.165, 1.54) is 12.1 Å². The molecule has 0 radical (unpaired) electrons. The maximum absolute atomic E-state index is 12.7. The summed E-state index contributed by atoms with van der Waals surface area (Å²) in [5.74, 6) is -0.379. The van der Waals surface area contributed by atoms with Crippen LogP contribution in [0.15, 0.2) is 54.6 Å². The first kappa shape index (κ1) is 19.7. The Kier molecular flexibility index (Phi) is 5.79. The van der Waals surface area contributed by atoms with Gasteiger partial charge in [0.2, 0.25) is 0 Å². The highest BCUT2D eigenvalue weighted by Crippen LogP contribution is 2.27. The van der Waals surface area contributed by atoms with Gasteiger partial charge in [0, 0.05) is 29.9 Å². The SMILES string of the molecule is O=C(NCCCNC(=O)c1nn(-c2ccccc2)c2c1CCC2)c1cccc(O)c1. The van der Waals surface area contributed by atoms with Crippen LogP contribution in [0.2, 0.25) is 0 Å². The fourth-order valence-corrected chi connectivity index (χ4v) is 3.73. The van der Waals surface area contributed by atoms with Crippen molar-refractivity contribution in [3.8, 4) is 11.4 Å². The van der Waals surface area contributed by atoms with Gasteiger partial charge in [0.15, 0.2) is 5.69 Å². The first-order valence-electron chi connectivity index (χ1n) is 10.1. The highest BCUT2D eigenvalue weighted by atomic mass is 16.3. The lowest BCUT2D eigenvalue weighted by molar-refractivity contribution is 0.0946. The molecule has 0 bridgehead atoms. The van der Waals surface area contributed by atoms with E-state index in [9.17, 15) is 14.7 Å². The summed E-state index contributed by atoms with van der Waals surface area (Å²) in [6.45, 7) is 0.859. The predicted molar refractivity (Wildman–Crippen MR) is 113 cm³/mol. The van der Waals surface area contributed by atoms with E-state index >= 15 is 0 Å². The van der Waals surface area contributed by atoms with Gasteiger partial charge in [-0.2, -0.15) is 5.10 Å². The number of para-hydroxylation sites is 1. The minimum Gasteiger partial charge on any atom is -0.508 e. The van der Waals surface area contributed by atoms with Gasteiger partial charge >= 0.3 is 0 Å². The van der Waals surface area contributed by atoms with E-state index in [4.69, 9.17) is 0 Å². The van der Waals surface area contributed by atoms with Gasteiger partial charge in [-0.1, -0.05) is 24.3 Å². The van der Waals surface area contributed by atoms with Crippen molar-refractivity contribution < 1.29 is 14.7 Å². The van der Waals surface area contributed by atoms with Gasteiger partial charge in [-0.05, 0) is 56.0 Å². The largest absolute Gasteiger partial charge is 0.508 e. The normalized spacial score (nSPS) is 12.4. The molecular formula is C23H24N4O3. The highest BCUT2D eigenvalue weighted by Gasteiger charge is 2.26. The number of amides is 2. The zero-order valence-corrected chi connectivity index (χ0v) is 16.6. The zero-order chi connectivity index (χ0) is 20.9. The Morgan fingerprint density at radius 3 is 2.50 bits per heavy atom. The van der Waals surface area contributed by atoms with Gasteiger partial charge in [0.05, 0.1) is 5.69 Å². The molecule has 0 atom stereocenters. The fourth-order valence-electron chi connectivity index (χ4n) is 3.73. The van der Waals surface area contributed by atoms with Gasteiger partial charge in [0.1, 0.15) is 5.75 Å². The summed E-state index contributed by atoms with van der Waals surface area (Å²) in [4.78, 5) is 24.8. The van der Waals surface area contributed by atoms with Gasteiger partial charge in [0.25, 0.3) is 11.8 Å². The van der Waals surface area contributed by atoms with Crippen LogP contribution in [0.25, 0.3) is 5.69 Å². The number of benzene rings is 2. The summed E-state index contributed by atoms with van der Waals surface area (Å²) in [6, 6.07) is 16.1. The number of hydrogen-bond acceptors (Lipinski definition) is 4. The number of phenols is 1. The van der Waals surface area contributed by atoms with E-state index in [1.807, 2.05) is 35.0 Å².